The Bertz CT molecular complexity index is 477. The third-order valence-corrected chi connectivity index (χ3v) is 2.84. The lowest BCUT2D eigenvalue weighted by Gasteiger charge is -2.20. The Morgan fingerprint density at radius 3 is 2.63 bits per heavy atom. The standard InChI is InChI=1S/C13H17ClN2O3/c1-3-16(8-12(17)19-4-2)13(18)10-7-9(15)5-6-11(10)14/h5-7H,3-4,8,15H2,1-2H3. The van der Waals surface area contributed by atoms with Gasteiger partial charge in [0, 0.05) is 12.2 Å². The van der Waals surface area contributed by atoms with Crippen LogP contribution in [0.4, 0.5) is 5.69 Å². The van der Waals surface area contributed by atoms with Gasteiger partial charge >= 0.3 is 5.97 Å². The molecule has 1 aromatic rings. The summed E-state index contributed by atoms with van der Waals surface area (Å²) in [5, 5.41) is 0.307. The molecular weight excluding hydrogens is 268 g/mol. The van der Waals surface area contributed by atoms with Crippen molar-refractivity contribution in [2.24, 2.45) is 0 Å². The van der Waals surface area contributed by atoms with Crippen molar-refractivity contribution in [1.29, 1.82) is 0 Å². The minimum Gasteiger partial charge on any atom is -0.465 e. The predicted octanol–water partition coefficient (Wildman–Crippen LogP) is 1.95. The summed E-state index contributed by atoms with van der Waals surface area (Å²) in [5.41, 5.74) is 6.36. The van der Waals surface area contributed by atoms with E-state index in [1.54, 1.807) is 26.0 Å². The molecule has 0 bridgehead atoms. The molecule has 1 aromatic carbocycles. The van der Waals surface area contributed by atoms with Crippen molar-refractivity contribution in [3.63, 3.8) is 0 Å². The van der Waals surface area contributed by atoms with Crippen LogP contribution in [-0.4, -0.2) is 36.5 Å². The average molecular weight is 285 g/mol. The van der Waals surface area contributed by atoms with Gasteiger partial charge in [0.2, 0.25) is 0 Å². The first-order chi connectivity index (χ1) is 8.99. The summed E-state index contributed by atoms with van der Waals surface area (Å²) < 4.78 is 4.82. The van der Waals surface area contributed by atoms with Crippen LogP contribution in [0.2, 0.25) is 5.02 Å². The Hall–Kier alpha value is -1.75. The van der Waals surface area contributed by atoms with E-state index in [0.717, 1.165) is 0 Å². The van der Waals surface area contributed by atoms with Crippen LogP contribution in [0.3, 0.4) is 0 Å². The highest BCUT2D eigenvalue weighted by Crippen LogP contribution is 2.20. The van der Waals surface area contributed by atoms with Crippen LogP contribution >= 0.6 is 11.6 Å². The SMILES string of the molecule is CCOC(=O)CN(CC)C(=O)c1cc(N)ccc1Cl. The number of nitrogens with zero attached hydrogens (tertiary/aromatic N) is 1. The maximum Gasteiger partial charge on any atom is 0.325 e. The van der Waals surface area contributed by atoms with Gasteiger partial charge in [-0.05, 0) is 32.0 Å². The van der Waals surface area contributed by atoms with Gasteiger partial charge in [0.15, 0.2) is 0 Å². The van der Waals surface area contributed by atoms with Crippen LogP contribution in [0.1, 0.15) is 24.2 Å². The first-order valence-corrected chi connectivity index (χ1v) is 6.37. The Labute approximate surface area is 117 Å². The molecule has 1 rings (SSSR count). The van der Waals surface area contributed by atoms with E-state index < -0.39 is 5.97 Å². The Kier molecular flexibility index (Phi) is 5.63. The lowest BCUT2D eigenvalue weighted by molar-refractivity contribution is -0.143. The molecule has 0 aromatic heterocycles. The number of nitrogens with two attached hydrogens (primary N) is 1. The van der Waals surface area contributed by atoms with Crippen molar-refractivity contribution < 1.29 is 14.3 Å². The van der Waals surface area contributed by atoms with Crippen LogP contribution in [0.5, 0.6) is 0 Å². The number of rotatable bonds is 5. The van der Waals surface area contributed by atoms with Gasteiger partial charge in [-0.3, -0.25) is 9.59 Å². The number of amides is 1. The first-order valence-electron chi connectivity index (χ1n) is 5.99. The van der Waals surface area contributed by atoms with E-state index in [4.69, 9.17) is 22.1 Å². The zero-order valence-corrected chi connectivity index (χ0v) is 11.7. The topological polar surface area (TPSA) is 72.6 Å². The van der Waals surface area contributed by atoms with E-state index in [9.17, 15) is 9.59 Å². The fraction of sp³-hybridized carbons (Fsp3) is 0.385. The minimum atomic E-state index is -0.447. The van der Waals surface area contributed by atoms with Gasteiger partial charge in [0.05, 0.1) is 17.2 Å². The van der Waals surface area contributed by atoms with Crippen LogP contribution in [-0.2, 0) is 9.53 Å². The Morgan fingerprint density at radius 2 is 2.05 bits per heavy atom. The first kappa shape index (κ1) is 15.3. The molecule has 0 fully saturated rings. The third kappa shape index (κ3) is 4.13. The van der Waals surface area contributed by atoms with Gasteiger partial charge in [0.1, 0.15) is 6.54 Å². The summed E-state index contributed by atoms with van der Waals surface area (Å²) >= 11 is 5.97. The number of esters is 1. The largest absolute Gasteiger partial charge is 0.465 e. The molecule has 0 aliphatic rings. The van der Waals surface area contributed by atoms with E-state index in [1.165, 1.54) is 11.0 Å². The zero-order chi connectivity index (χ0) is 14.4. The molecule has 0 saturated carbocycles. The summed E-state index contributed by atoms with van der Waals surface area (Å²) in [6.45, 7) is 4.04. The maximum atomic E-state index is 12.3. The van der Waals surface area contributed by atoms with Crippen molar-refractivity contribution in [3.8, 4) is 0 Å². The van der Waals surface area contributed by atoms with Crippen molar-refractivity contribution in [1.82, 2.24) is 4.90 Å². The average Bonchev–Trinajstić information content (AvgIpc) is 2.38. The van der Waals surface area contributed by atoms with Gasteiger partial charge < -0.3 is 15.4 Å². The molecule has 0 aliphatic heterocycles. The molecule has 0 saturated heterocycles. The highest BCUT2D eigenvalue weighted by molar-refractivity contribution is 6.34. The number of hydrogen-bond donors (Lipinski definition) is 1. The fourth-order valence-electron chi connectivity index (χ4n) is 1.57. The zero-order valence-electron chi connectivity index (χ0n) is 11.0. The second-order valence-electron chi connectivity index (χ2n) is 3.86. The molecule has 6 heteroatoms. The number of nitrogen functional groups attached to an aromatic ring is 1. The number of likely N-dealkylation sites (N-methyl/N-ethyl adjacent to an activating group) is 1. The fourth-order valence-corrected chi connectivity index (χ4v) is 1.77. The molecule has 0 unspecified atom stereocenters. The van der Waals surface area contributed by atoms with Crippen LogP contribution in [0, 0.1) is 0 Å². The molecule has 0 atom stereocenters. The van der Waals surface area contributed by atoms with Crippen molar-refractivity contribution in [2.45, 2.75) is 13.8 Å². The molecule has 1 amide bonds. The van der Waals surface area contributed by atoms with E-state index in [0.29, 0.717) is 17.3 Å². The van der Waals surface area contributed by atoms with Crippen LogP contribution in [0.15, 0.2) is 18.2 Å². The van der Waals surface area contributed by atoms with E-state index >= 15 is 0 Å². The van der Waals surface area contributed by atoms with Gasteiger partial charge in [-0.2, -0.15) is 0 Å². The lowest BCUT2D eigenvalue weighted by atomic mass is 10.1. The highest BCUT2D eigenvalue weighted by atomic mass is 35.5. The monoisotopic (exact) mass is 284 g/mol. The summed E-state index contributed by atoms with van der Waals surface area (Å²) in [7, 11) is 0. The molecule has 104 valence electrons. The van der Waals surface area contributed by atoms with Crippen molar-refractivity contribution >= 4 is 29.2 Å². The number of hydrogen-bond acceptors (Lipinski definition) is 4. The number of benzene rings is 1. The molecule has 19 heavy (non-hydrogen) atoms. The molecular formula is C13H17ClN2O3. The van der Waals surface area contributed by atoms with Crippen molar-refractivity contribution in [3.05, 3.63) is 28.8 Å². The van der Waals surface area contributed by atoms with E-state index in [1.807, 2.05) is 0 Å². The second kappa shape index (κ2) is 6.99. The highest BCUT2D eigenvalue weighted by Gasteiger charge is 2.20. The number of carbonyl (C=O) groups is 2. The molecule has 5 nitrogen and oxygen atoms in total. The molecule has 0 heterocycles. The maximum absolute atomic E-state index is 12.3. The molecule has 0 spiro atoms. The van der Waals surface area contributed by atoms with E-state index in [-0.39, 0.29) is 24.6 Å². The van der Waals surface area contributed by atoms with Gasteiger partial charge in [-0.1, -0.05) is 11.6 Å². The van der Waals surface area contributed by atoms with Crippen molar-refractivity contribution in [2.75, 3.05) is 25.4 Å². The summed E-state index contributed by atoms with van der Waals surface area (Å²) in [6.07, 6.45) is 0. The van der Waals surface area contributed by atoms with Crippen LogP contribution in [0.25, 0.3) is 0 Å². The number of ether oxygens (including phenoxy) is 1. The van der Waals surface area contributed by atoms with Gasteiger partial charge in [-0.15, -0.1) is 0 Å². The third-order valence-electron chi connectivity index (χ3n) is 2.52. The van der Waals surface area contributed by atoms with Gasteiger partial charge in [-0.25, -0.2) is 0 Å². The second-order valence-corrected chi connectivity index (χ2v) is 4.27. The molecule has 2 N–H and O–H groups in total. The number of halogens is 1. The Morgan fingerprint density at radius 1 is 1.37 bits per heavy atom. The van der Waals surface area contributed by atoms with E-state index in [2.05, 4.69) is 0 Å². The quantitative estimate of drug-likeness (QED) is 0.662. The van der Waals surface area contributed by atoms with Gasteiger partial charge in [0.25, 0.3) is 5.91 Å². The molecule has 0 radical (unpaired) electrons. The normalized spacial score (nSPS) is 10.1. The summed E-state index contributed by atoms with van der Waals surface area (Å²) in [4.78, 5) is 25.1. The summed E-state index contributed by atoms with van der Waals surface area (Å²) in [5.74, 6) is -0.787. The van der Waals surface area contributed by atoms with Crippen LogP contribution < -0.4 is 5.73 Å². The number of carbonyl (C=O) groups excluding carboxylic acids is 2. The minimum absolute atomic E-state index is 0.103. The number of anilines is 1. The lowest BCUT2D eigenvalue weighted by Crippen LogP contribution is -2.36. The Balaban J connectivity index is 2.89. The molecule has 0 aliphatic carbocycles. The smallest absolute Gasteiger partial charge is 0.325 e. The summed E-state index contributed by atoms with van der Waals surface area (Å²) in [6, 6.07) is 4.67. The predicted molar refractivity (Wildman–Crippen MR) is 74.1 cm³/mol.